The molecule has 0 spiro atoms. The Morgan fingerprint density at radius 2 is 1.50 bits per heavy atom. The highest BCUT2D eigenvalue weighted by Gasteiger charge is 2.17. The van der Waals surface area contributed by atoms with Crippen LogP contribution in [0, 0.1) is 0 Å². The summed E-state index contributed by atoms with van der Waals surface area (Å²) >= 11 is 0. The Bertz CT molecular complexity index is 148. The fraction of sp³-hybridized carbons (Fsp3) is 0.818. The number of nitrogens with one attached hydrogen (secondary N) is 1. The fourth-order valence-corrected chi connectivity index (χ4v) is 2.36. The van der Waals surface area contributed by atoms with Crippen molar-refractivity contribution in [2.24, 2.45) is 0 Å². The van der Waals surface area contributed by atoms with Crippen molar-refractivity contribution < 1.29 is 0 Å². The third-order valence-corrected chi connectivity index (χ3v) is 3.08. The fourth-order valence-electron chi connectivity index (χ4n) is 2.36. The van der Waals surface area contributed by atoms with E-state index < -0.39 is 0 Å². The Kier molecular flexibility index (Phi) is 2.83. The molecule has 0 aromatic rings. The van der Waals surface area contributed by atoms with Crippen molar-refractivity contribution in [3.63, 3.8) is 0 Å². The van der Waals surface area contributed by atoms with Crippen molar-refractivity contribution in [1.29, 1.82) is 0 Å². The van der Waals surface area contributed by atoms with Crippen LogP contribution >= 0.6 is 0 Å². The zero-order chi connectivity index (χ0) is 8.23. The molecule has 2 aliphatic rings. The van der Waals surface area contributed by atoms with E-state index in [4.69, 9.17) is 0 Å². The number of hydrogen-bond acceptors (Lipinski definition) is 1. The summed E-state index contributed by atoms with van der Waals surface area (Å²) in [5.41, 5.74) is 0. The van der Waals surface area contributed by atoms with Gasteiger partial charge in [-0.3, -0.25) is 0 Å². The zero-order valence-electron chi connectivity index (χ0n) is 7.76. The second kappa shape index (κ2) is 4.08. The molecule has 1 fully saturated rings. The third-order valence-electron chi connectivity index (χ3n) is 3.08. The van der Waals surface area contributed by atoms with E-state index in [1.54, 1.807) is 0 Å². The summed E-state index contributed by atoms with van der Waals surface area (Å²) in [7, 11) is 0. The monoisotopic (exact) mass is 165 g/mol. The average molecular weight is 165 g/mol. The first-order valence-corrected chi connectivity index (χ1v) is 5.36. The molecular weight excluding hydrogens is 146 g/mol. The molecular formula is C11H19N. The van der Waals surface area contributed by atoms with Crippen LogP contribution in [0.25, 0.3) is 0 Å². The van der Waals surface area contributed by atoms with Crippen molar-refractivity contribution in [1.82, 2.24) is 5.32 Å². The SMILES string of the molecule is C1=CCC(NC2CCCCC2)C1. The van der Waals surface area contributed by atoms with E-state index in [2.05, 4.69) is 17.5 Å². The number of hydrogen-bond donors (Lipinski definition) is 1. The van der Waals surface area contributed by atoms with Gasteiger partial charge in [-0.2, -0.15) is 0 Å². The lowest BCUT2D eigenvalue weighted by molar-refractivity contribution is 0.340. The van der Waals surface area contributed by atoms with Gasteiger partial charge in [-0.25, -0.2) is 0 Å². The van der Waals surface area contributed by atoms with Crippen LogP contribution in [0.4, 0.5) is 0 Å². The van der Waals surface area contributed by atoms with Gasteiger partial charge in [0.25, 0.3) is 0 Å². The smallest absolute Gasteiger partial charge is 0.0139 e. The second-order valence-electron chi connectivity index (χ2n) is 4.14. The van der Waals surface area contributed by atoms with Crippen LogP contribution in [0.2, 0.25) is 0 Å². The van der Waals surface area contributed by atoms with Crippen molar-refractivity contribution in [3.05, 3.63) is 12.2 Å². The minimum Gasteiger partial charge on any atom is -0.311 e. The molecule has 1 saturated carbocycles. The highest BCUT2D eigenvalue weighted by Crippen LogP contribution is 2.20. The zero-order valence-corrected chi connectivity index (χ0v) is 7.76. The Hall–Kier alpha value is -0.300. The average Bonchev–Trinajstić information content (AvgIpc) is 2.59. The summed E-state index contributed by atoms with van der Waals surface area (Å²) in [6.45, 7) is 0. The molecule has 68 valence electrons. The molecule has 0 atom stereocenters. The quantitative estimate of drug-likeness (QED) is 0.620. The molecule has 1 heteroatoms. The molecule has 1 nitrogen and oxygen atoms in total. The van der Waals surface area contributed by atoms with Crippen LogP contribution in [-0.2, 0) is 0 Å². The Labute approximate surface area is 75.2 Å². The minimum absolute atomic E-state index is 0.771. The van der Waals surface area contributed by atoms with Crippen LogP contribution in [0.1, 0.15) is 44.9 Å². The predicted molar refractivity (Wildman–Crippen MR) is 52.2 cm³/mol. The molecule has 1 N–H and O–H groups in total. The summed E-state index contributed by atoms with van der Waals surface area (Å²) in [6, 6.07) is 1.61. The maximum absolute atomic E-state index is 3.76. The predicted octanol–water partition coefficient (Wildman–Crippen LogP) is 2.63. The second-order valence-corrected chi connectivity index (χ2v) is 4.14. The minimum atomic E-state index is 0.771. The topological polar surface area (TPSA) is 12.0 Å². The Morgan fingerprint density at radius 1 is 0.833 bits per heavy atom. The molecule has 0 unspecified atom stereocenters. The van der Waals surface area contributed by atoms with Crippen LogP contribution in [0.15, 0.2) is 12.2 Å². The largest absolute Gasteiger partial charge is 0.311 e. The van der Waals surface area contributed by atoms with Gasteiger partial charge in [0, 0.05) is 12.1 Å². The van der Waals surface area contributed by atoms with Gasteiger partial charge in [0.05, 0.1) is 0 Å². The first kappa shape index (κ1) is 8.31. The van der Waals surface area contributed by atoms with Crippen molar-refractivity contribution in [2.75, 3.05) is 0 Å². The lowest BCUT2D eigenvalue weighted by atomic mass is 9.95. The van der Waals surface area contributed by atoms with E-state index in [-0.39, 0.29) is 0 Å². The third kappa shape index (κ3) is 2.10. The summed E-state index contributed by atoms with van der Waals surface area (Å²) < 4.78 is 0. The molecule has 0 aromatic carbocycles. The van der Waals surface area contributed by atoms with E-state index in [0.29, 0.717) is 0 Å². The van der Waals surface area contributed by atoms with Crippen molar-refractivity contribution >= 4 is 0 Å². The molecule has 0 heterocycles. The molecule has 0 radical (unpaired) electrons. The summed E-state index contributed by atoms with van der Waals surface area (Å²) in [4.78, 5) is 0. The summed E-state index contributed by atoms with van der Waals surface area (Å²) in [6.07, 6.45) is 14.3. The van der Waals surface area contributed by atoms with Gasteiger partial charge in [0.15, 0.2) is 0 Å². The van der Waals surface area contributed by atoms with E-state index >= 15 is 0 Å². The van der Waals surface area contributed by atoms with Crippen molar-refractivity contribution in [2.45, 2.75) is 57.0 Å². The summed E-state index contributed by atoms with van der Waals surface area (Å²) in [5, 5.41) is 3.76. The Morgan fingerprint density at radius 3 is 2.17 bits per heavy atom. The molecule has 12 heavy (non-hydrogen) atoms. The standard InChI is InChI=1S/C11H19N/c1-2-6-10(7-3-1)12-11-8-4-5-9-11/h4-5,10-12H,1-3,6-9H2. The normalized spacial score (nSPS) is 26.7. The van der Waals surface area contributed by atoms with Crippen LogP contribution in [-0.4, -0.2) is 12.1 Å². The van der Waals surface area contributed by atoms with E-state index in [9.17, 15) is 0 Å². The molecule has 0 saturated heterocycles. The first-order chi connectivity index (χ1) is 5.95. The summed E-state index contributed by atoms with van der Waals surface area (Å²) in [5.74, 6) is 0. The lowest BCUT2D eigenvalue weighted by Crippen LogP contribution is -2.37. The molecule has 0 amide bonds. The molecule has 0 aliphatic heterocycles. The maximum Gasteiger partial charge on any atom is 0.0139 e. The molecule has 0 aromatic heterocycles. The van der Waals surface area contributed by atoms with Crippen LogP contribution in [0.5, 0.6) is 0 Å². The van der Waals surface area contributed by atoms with Gasteiger partial charge < -0.3 is 5.32 Å². The highest BCUT2D eigenvalue weighted by molar-refractivity contribution is 4.98. The van der Waals surface area contributed by atoms with Gasteiger partial charge in [0.1, 0.15) is 0 Å². The molecule has 0 bridgehead atoms. The maximum atomic E-state index is 3.76. The van der Waals surface area contributed by atoms with Gasteiger partial charge in [-0.1, -0.05) is 31.4 Å². The lowest BCUT2D eigenvalue weighted by Gasteiger charge is -2.26. The first-order valence-electron chi connectivity index (χ1n) is 5.36. The molecule has 2 aliphatic carbocycles. The van der Waals surface area contributed by atoms with Gasteiger partial charge >= 0.3 is 0 Å². The van der Waals surface area contributed by atoms with E-state index in [0.717, 1.165) is 12.1 Å². The Balaban J connectivity index is 1.70. The van der Waals surface area contributed by atoms with Gasteiger partial charge in [-0.15, -0.1) is 0 Å². The van der Waals surface area contributed by atoms with Crippen LogP contribution < -0.4 is 5.32 Å². The van der Waals surface area contributed by atoms with E-state index in [1.165, 1.54) is 44.9 Å². The van der Waals surface area contributed by atoms with E-state index in [1.807, 2.05) is 0 Å². The highest BCUT2D eigenvalue weighted by atomic mass is 14.9. The van der Waals surface area contributed by atoms with Crippen LogP contribution in [0.3, 0.4) is 0 Å². The van der Waals surface area contributed by atoms with Gasteiger partial charge in [0.2, 0.25) is 0 Å². The van der Waals surface area contributed by atoms with Crippen molar-refractivity contribution in [3.8, 4) is 0 Å². The van der Waals surface area contributed by atoms with Gasteiger partial charge in [-0.05, 0) is 25.7 Å². The molecule has 2 rings (SSSR count). The number of rotatable bonds is 2.